The first-order chi connectivity index (χ1) is 11.3. The zero-order valence-electron chi connectivity index (χ0n) is 13.2. The molecule has 0 unspecified atom stereocenters. The van der Waals surface area contributed by atoms with Crippen LogP contribution in [-0.2, 0) is 5.75 Å². The molecule has 0 saturated carbocycles. The molecule has 0 spiro atoms. The quantitative estimate of drug-likeness (QED) is 0.677. The van der Waals surface area contributed by atoms with Gasteiger partial charge in [-0.3, -0.25) is 0 Å². The van der Waals surface area contributed by atoms with Gasteiger partial charge in [0.2, 0.25) is 0 Å². The zero-order valence-corrected chi connectivity index (χ0v) is 14.0. The molecule has 0 aliphatic rings. The number of benzene rings is 1. The summed E-state index contributed by atoms with van der Waals surface area (Å²) in [5.74, 6) is 3.62. The van der Waals surface area contributed by atoms with Crippen molar-refractivity contribution in [3.8, 4) is 5.75 Å². The first kappa shape index (κ1) is 17.3. The van der Waals surface area contributed by atoms with Crippen LogP contribution in [0.4, 0.5) is 10.5 Å². The molecule has 0 saturated heterocycles. The summed E-state index contributed by atoms with van der Waals surface area (Å²) in [4.78, 5) is 11.8. The van der Waals surface area contributed by atoms with Gasteiger partial charge in [0, 0.05) is 12.2 Å². The third-order valence-corrected chi connectivity index (χ3v) is 4.06. The molecule has 0 aliphatic carbocycles. The fourth-order valence-electron chi connectivity index (χ4n) is 1.92. The van der Waals surface area contributed by atoms with E-state index in [1.165, 1.54) is 0 Å². The first-order valence-electron chi connectivity index (χ1n) is 7.66. The van der Waals surface area contributed by atoms with Crippen LogP contribution in [-0.4, -0.2) is 24.9 Å². The normalized spacial score (nSPS) is 10.3. The molecule has 124 valence electrons. The topological polar surface area (TPSA) is 63.5 Å². The van der Waals surface area contributed by atoms with Gasteiger partial charge in [0.15, 0.2) is 0 Å². The number of hydrogen-bond donors (Lipinski definition) is 2. The second kappa shape index (κ2) is 9.84. The van der Waals surface area contributed by atoms with Gasteiger partial charge in [-0.1, -0.05) is 0 Å². The standard InChI is InChI=1S/C17H22N2O3S/c1-2-21-15-8-6-14(7-9-15)19-17(20)18-10-4-12-23-13-16-5-3-11-22-16/h3,5-9,11H,2,4,10,12-13H2,1H3,(H2,18,19,20). The van der Waals surface area contributed by atoms with Gasteiger partial charge in [-0.2, -0.15) is 11.8 Å². The molecule has 0 atom stereocenters. The van der Waals surface area contributed by atoms with Crippen LogP contribution in [0.1, 0.15) is 19.1 Å². The van der Waals surface area contributed by atoms with Gasteiger partial charge in [-0.05, 0) is 55.5 Å². The molecule has 2 amide bonds. The largest absolute Gasteiger partial charge is 0.494 e. The average molecular weight is 334 g/mol. The summed E-state index contributed by atoms with van der Waals surface area (Å²) >= 11 is 1.79. The van der Waals surface area contributed by atoms with Crippen molar-refractivity contribution in [1.82, 2.24) is 5.32 Å². The summed E-state index contributed by atoms with van der Waals surface area (Å²) in [5, 5.41) is 5.64. The van der Waals surface area contributed by atoms with Crippen LogP contribution in [0.5, 0.6) is 5.75 Å². The van der Waals surface area contributed by atoms with Crippen LogP contribution < -0.4 is 15.4 Å². The van der Waals surface area contributed by atoms with E-state index in [4.69, 9.17) is 9.15 Å². The number of anilines is 1. The number of amides is 2. The highest BCUT2D eigenvalue weighted by Crippen LogP contribution is 2.15. The number of carbonyl (C=O) groups excluding carboxylic acids is 1. The molecule has 6 heteroatoms. The summed E-state index contributed by atoms with van der Waals surface area (Å²) in [7, 11) is 0. The Morgan fingerprint density at radius 2 is 2.09 bits per heavy atom. The Hall–Kier alpha value is -2.08. The summed E-state index contributed by atoms with van der Waals surface area (Å²) < 4.78 is 10.6. The maximum atomic E-state index is 11.8. The number of rotatable bonds is 9. The van der Waals surface area contributed by atoms with Crippen LogP contribution in [0.25, 0.3) is 0 Å². The Bertz CT molecular complexity index is 570. The highest BCUT2D eigenvalue weighted by atomic mass is 32.2. The van der Waals surface area contributed by atoms with Crippen molar-refractivity contribution in [2.24, 2.45) is 0 Å². The molecule has 1 aromatic carbocycles. The fourth-order valence-corrected chi connectivity index (χ4v) is 2.78. The Kier molecular flexibility index (Phi) is 7.39. The molecule has 0 radical (unpaired) electrons. The summed E-state index contributed by atoms with van der Waals surface area (Å²) in [6.07, 6.45) is 2.60. The molecule has 2 N–H and O–H groups in total. The van der Waals surface area contributed by atoms with E-state index >= 15 is 0 Å². The molecule has 0 bridgehead atoms. The molecule has 2 aromatic rings. The SMILES string of the molecule is CCOc1ccc(NC(=O)NCCCSCc2ccco2)cc1. The molecule has 0 aliphatic heterocycles. The lowest BCUT2D eigenvalue weighted by Gasteiger charge is -2.08. The molecule has 1 aromatic heterocycles. The van der Waals surface area contributed by atoms with Crippen molar-refractivity contribution in [3.63, 3.8) is 0 Å². The maximum absolute atomic E-state index is 11.8. The average Bonchev–Trinajstić information content (AvgIpc) is 3.06. The second-order valence-electron chi connectivity index (χ2n) is 4.82. The number of nitrogens with one attached hydrogen (secondary N) is 2. The summed E-state index contributed by atoms with van der Waals surface area (Å²) in [6.45, 7) is 3.21. The lowest BCUT2D eigenvalue weighted by Crippen LogP contribution is -2.29. The van der Waals surface area contributed by atoms with E-state index in [1.54, 1.807) is 18.0 Å². The molecule has 0 fully saturated rings. The van der Waals surface area contributed by atoms with Crippen LogP contribution >= 0.6 is 11.8 Å². The summed E-state index contributed by atoms with van der Waals surface area (Å²) in [6, 6.07) is 11.0. The number of ether oxygens (including phenoxy) is 1. The Morgan fingerprint density at radius 3 is 2.78 bits per heavy atom. The van der Waals surface area contributed by atoms with Crippen molar-refractivity contribution >= 4 is 23.5 Å². The number of carbonyl (C=O) groups is 1. The predicted octanol–water partition coefficient (Wildman–Crippen LogP) is 4.12. The van der Waals surface area contributed by atoms with Crippen molar-refractivity contribution in [3.05, 3.63) is 48.4 Å². The van der Waals surface area contributed by atoms with Gasteiger partial charge in [-0.15, -0.1) is 0 Å². The Labute approximate surface area is 140 Å². The number of urea groups is 1. The molecule has 5 nitrogen and oxygen atoms in total. The smallest absolute Gasteiger partial charge is 0.319 e. The first-order valence-corrected chi connectivity index (χ1v) is 8.81. The van der Waals surface area contributed by atoms with Gasteiger partial charge in [0.25, 0.3) is 0 Å². The number of hydrogen-bond acceptors (Lipinski definition) is 4. The fraction of sp³-hybridized carbons (Fsp3) is 0.353. The van der Waals surface area contributed by atoms with Gasteiger partial charge >= 0.3 is 6.03 Å². The van der Waals surface area contributed by atoms with Crippen LogP contribution in [0.3, 0.4) is 0 Å². The molecule has 1 heterocycles. The van der Waals surface area contributed by atoms with E-state index in [1.807, 2.05) is 43.3 Å². The van der Waals surface area contributed by atoms with E-state index in [-0.39, 0.29) is 6.03 Å². The second-order valence-corrected chi connectivity index (χ2v) is 5.93. The zero-order chi connectivity index (χ0) is 16.3. The van der Waals surface area contributed by atoms with E-state index in [0.717, 1.165) is 35.1 Å². The van der Waals surface area contributed by atoms with E-state index in [9.17, 15) is 4.79 Å². The summed E-state index contributed by atoms with van der Waals surface area (Å²) in [5.41, 5.74) is 0.748. The third kappa shape index (κ3) is 6.69. The number of furan rings is 1. The predicted molar refractivity (Wildman–Crippen MR) is 94.1 cm³/mol. The van der Waals surface area contributed by atoms with Crippen LogP contribution in [0.2, 0.25) is 0 Å². The molecule has 2 rings (SSSR count). The minimum atomic E-state index is -0.190. The molecular weight excluding hydrogens is 312 g/mol. The van der Waals surface area contributed by atoms with Crippen LogP contribution in [0, 0.1) is 0 Å². The van der Waals surface area contributed by atoms with Crippen molar-refractivity contribution in [1.29, 1.82) is 0 Å². The van der Waals surface area contributed by atoms with E-state index < -0.39 is 0 Å². The van der Waals surface area contributed by atoms with Gasteiger partial charge in [0.1, 0.15) is 11.5 Å². The van der Waals surface area contributed by atoms with Crippen LogP contribution in [0.15, 0.2) is 47.1 Å². The van der Waals surface area contributed by atoms with Crippen molar-refractivity contribution < 1.29 is 13.9 Å². The van der Waals surface area contributed by atoms with Crippen molar-refractivity contribution in [2.75, 3.05) is 24.2 Å². The van der Waals surface area contributed by atoms with Crippen molar-refractivity contribution in [2.45, 2.75) is 19.1 Å². The molecular formula is C17H22N2O3S. The minimum Gasteiger partial charge on any atom is -0.494 e. The Balaban J connectivity index is 1.56. The van der Waals surface area contributed by atoms with Gasteiger partial charge < -0.3 is 19.8 Å². The lowest BCUT2D eigenvalue weighted by molar-refractivity contribution is 0.252. The monoisotopic (exact) mass is 334 g/mol. The highest BCUT2D eigenvalue weighted by Gasteiger charge is 2.02. The number of thioether (sulfide) groups is 1. The minimum absolute atomic E-state index is 0.190. The van der Waals surface area contributed by atoms with Gasteiger partial charge in [0.05, 0.1) is 18.6 Å². The highest BCUT2D eigenvalue weighted by molar-refractivity contribution is 7.98. The van der Waals surface area contributed by atoms with E-state index in [2.05, 4.69) is 10.6 Å². The maximum Gasteiger partial charge on any atom is 0.319 e. The molecule has 23 heavy (non-hydrogen) atoms. The Morgan fingerprint density at radius 1 is 1.26 bits per heavy atom. The third-order valence-electron chi connectivity index (χ3n) is 3.00. The lowest BCUT2D eigenvalue weighted by atomic mass is 10.3. The van der Waals surface area contributed by atoms with Gasteiger partial charge in [-0.25, -0.2) is 4.79 Å². The van der Waals surface area contributed by atoms with E-state index in [0.29, 0.717) is 13.2 Å².